The molecule has 18 heavy (non-hydrogen) atoms. The highest BCUT2D eigenvalue weighted by Gasteiger charge is 2.00. The summed E-state index contributed by atoms with van der Waals surface area (Å²) in [5, 5.41) is 0. The summed E-state index contributed by atoms with van der Waals surface area (Å²) in [4.78, 5) is 0. The molecule has 0 heterocycles. The SMILES string of the molecule is COc1cccc(COc2cc(N)cc(Br)c2)c1. The van der Waals surface area contributed by atoms with Crippen molar-refractivity contribution in [3.8, 4) is 11.5 Å². The summed E-state index contributed by atoms with van der Waals surface area (Å²) in [5.74, 6) is 1.56. The van der Waals surface area contributed by atoms with Gasteiger partial charge in [-0.15, -0.1) is 0 Å². The van der Waals surface area contributed by atoms with Gasteiger partial charge in [-0.2, -0.15) is 0 Å². The van der Waals surface area contributed by atoms with Crippen LogP contribution in [0.2, 0.25) is 0 Å². The minimum Gasteiger partial charge on any atom is -0.497 e. The Kier molecular flexibility index (Phi) is 4.10. The number of methoxy groups -OCH3 is 1. The van der Waals surface area contributed by atoms with Gasteiger partial charge < -0.3 is 15.2 Å². The Morgan fingerprint density at radius 3 is 2.67 bits per heavy atom. The van der Waals surface area contributed by atoms with E-state index in [9.17, 15) is 0 Å². The Hall–Kier alpha value is -1.68. The molecule has 0 fully saturated rings. The van der Waals surface area contributed by atoms with Crippen LogP contribution < -0.4 is 15.2 Å². The molecular weight excluding hydrogens is 294 g/mol. The van der Waals surface area contributed by atoms with Crippen LogP contribution in [-0.2, 0) is 6.61 Å². The highest BCUT2D eigenvalue weighted by Crippen LogP contribution is 2.24. The fourth-order valence-corrected chi connectivity index (χ4v) is 2.09. The molecule has 94 valence electrons. The second-order valence-corrected chi connectivity index (χ2v) is 4.78. The van der Waals surface area contributed by atoms with Gasteiger partial charge in [0.15, 0.2) is 0 Å². The Morgan fingerprint density at radius 1 is 1.11 bits per heavy atom. The third kappa shape index (κ3) is 3.40. The lowest BCUT2D eigenvalue weighted by atomic mass is 10.2. The number of halogens is 1. The van der Waals surface area contributed by atoms with Crippen LogP contribution in [-0.4, -0.2) is 7.11 Å². The summed E-state index contributed by atoms with van der Waals surface area (Å²) < 4.78 is 11.8. The molecule has 2 rings (SSSR count). The largest absolute Gasteiger partial charge is 0.497 e. The van der Waals surface area contributed by atoms with E-state index < -0.39 is 0 Å². The van der Waals surface area contributed by atoms with Gasteiger partial charge in [-0.1, -0.05) is 28.1 Å². The zero-order valence-electron chi connectivity index (χ0n) is 10.0. The van der Waals surface area contributed by atoms with Gasteiger partial charge in [0.25, 0.3) is 0 Å². The van der Waals surface area contributed by atoms with E-state index in [1.54, 1.807) is 13.2 Å². The summed E-state index contributed by atoms with van der Waals surface area (Å²) >= 11 is 3.38. The van der Waals surface area contributed by atoms with Crippen LogP contribution in [0.15, 0.2) is 46.9 Å². The molecule has 0 saturated heterocycles. The second kappa shape index (κ2) is 5.78. The van der Waals surface area contributed by atoms with E-state index >= 15 is 0 Å². The van der Waals surface area contributed by atoms with Crippen LogP contribution in [0.5, 0.6) is 11.5 Å². The van der Waals surface area contributed by atoms with Crippen molar-refractivity contribution in [1.82, 2.24) is 0 Å². The number of ether oxygens (including phenoxy) is 2. The number of rotatable bonds is 4. The third-order valence-electron chi connectivity index (χ3n) is 2.43. The van der Waals surface area contributed by atoms with Crippen molar-refractivity contribution in [3.05, 3.63) is 52.5 Å². The zero-order valence-corrected chi connectivity index (χ0v) is 11.6. The lowest BCUT2D eigenvalue weighted by Crippen LogP contribution is -1.97. The number of nitrogens with two attached hydrogens (primary N) is 1. The first-order chi connectivity index (χ1) is 8.67. The summed E-state index contributed by atoms with van der Waals surface area (Å²) in [6.45, 7) is 0.479. The Labute approximate surface area is 115 Å². The van der Waals surface area contributed by atoms with E-state index in [-0.39, 0.29) is 0 Å². The van der Waals surface area contributed by atoms with Crippen molar-refractivity contribution < 1.29 is 9.47 Å². The summed E-state index contributed by atoms with van der Waals surface area (Å²) in [5.41, 5.74) is 7.46. The van der Waals surface area contributed by atoms with Crippen molar-refractivity contribution in [3.63, 3.8) is 0 Å². The quantitative estimate of drug-likeness (QED) is 0.877. The van der Waals surface area contributed by atoms with Crippen LogP contribution in [0.25, 0.3) is 0 Å². The van der Waals surface area contributed by atoms with Gasteiger partial charge in [-0.3, -0.25) is 0 Å². The molecule has 0 aliphatic carbocycles. The fraction of sp³-hybridized carbons (Fsp3) is 0.143. The lowest BCUT2D eigenvalue weighted by molar-refractivity contribution is 0.305. The molecule has 0 unspecified atom stereocenters. The first-order valence-electron chi connectivity index (χ1n) is 5.49. The lowest BCUT2D eigenvalue weighted by Gasteiger charge is -2.08. The molecule has 2 N–H and O–H groups in total. The summed E-state index contributed by atoms with van der Waals surface area (Å²) in [7, 11) is 1.65. The fourth-order valence-electron chi connectivity index (χ4n) is 1.60. The van der Waals surface area contributed by atoms with Gasteiger partial charge in [-0.05, 0) is 29.8 Å². The van der Waals surface area contributed by atoms with Gasteiger partial charge in [0.1, 0.15) is 18.1 Å². The maximum absolute atomic E-state index is 5.74. The number of anilines is 1. The normalized spacial score (nSPS) is 10.1. The van der Waals surface area contributed by atoms with Crippen LogP contribution in [0.3, 0.4) is 0 Å². The molecule has 0 saturated carbocycles. The monoisotopic (exact) mass is 307 g/mol. The van der Waals surface area contributed by atoms with E-state index in [1.165, 1.54) is 0 Å². The van der Waals surface area contributed by atoms with Gasteiger partial charge in [-0.25, -0.2) is 0 Å². The second-order valence-electron chi connectivity index (χ2n) is 3.86. The van der Waals surface area contributed by atoms with E-state index in [0.717, 1.165) is 21.5 Å². The molecule has 0 radical (unpaired) electrons. The first kappa shape index (κ1) is 12.8. The van der Waals surface area contributed by atoms with Crippen LogP contribution in [0, 0.1) is 0 Å². The number of nitrogen functional groups attached to an aromatic ring is 1. The number of hydrogen-bond donors (Lipinski definition) is 1. The molecule has 4 heteroatoms. The predicted octanol–water partition coefficient (Wildman–Crippen LogP) is 3.62. The Bertz CT molecular complexity index is 523. The highest BCUT2D eigenvalue weighted by molar-refractivity contribution is 9.10. The predicted molar refractivity (Wildman–Crippen MR) is 75.9 cm³/mol. The van der Waals surface area contributed by atoms with Gasteiger partial charge in [0.05, 0.1) is 7.11 Å². The summed E-state index contributed by atoms with van der Waals surface area (Å²) in [6.07, 6.45) is 0. The van der Waals surface area contributed by atoms with Crippen molar-refractivity contribution in [2.75, 3.05) is 12.8 Å². The van der Waals surface area contributed by atoms with Gasteiger partial charge >= 0.3 is 0 Å². The van der Waals surface area contributed by atoms with Crippen LogP contribution in [0.4, 0.5) is 5.69 Å². The zero-order chi connectivity index (χ0) is 13.0. The first-order valence-corrected chi connectivity index (χ1v) is 6.28. The van der Waals surface area contributed by atoms with E-state index in [1.807, 2.05) is 36.4 Å². The minimum absolute atomic E-state index is 0.479. The summed E-state index contributed by atoms with van der Waals surface area (Å²) in [6, 6.07) is 13.3. The molecule has 0 amide bonds. The van der Waals surface area contributed by atoms with Crippen molar-refractivity contribution >= 4 is 21.6 Å². The average molecular weight is 308 g/mol. The van der Waals surface area contributed by atoms with Crippen molar-refractivity contribution in [1.29, 1.82) is 0 Å². The Morgan fingerprint density at radius 2 is 1.94 bits per heavy atom. The molecule has 2 aromatic rings. The Balaban J connectivity index is 2.06. The number of hydrogen-bond acceptors (Lipinski definition) is 3. The smallest absolute Gasteiger partial charge is 0.122 e. The van der Waals surface area contributed by atoms with E-state index in [0.29, 0.717) is 12.3 Å². The van der Waals surface area contributed by atoms with Crippen molar-refractivity contribution in [2.24, 2.45) is 0 Å². The maximum Gasteiger partial charge on any atom is 0.122 e. The maximum atomic E-state index is 5.74. The number of benzene rings is 2. The van der Waals surface area contributed by atoms with E-state index in [4.69, 9.17) is 15.2 Å². The molecule has 0 atom stereocenters. The molecule has 0 spiro atoms. The standard InChI is InChI=1S/C14H14BrNO2/c1-17-13-4-2-3-10(5-13)9-18-14-7-11(15)6-12(16)8-14/h2-8H,9,16H2,1H3. The molecule has 0 aliphatic heterocycles. The average Bonchev–Trinajstić information content (AvgIpc) is 2.35. The molecule has 3 nitrogen and oxygen atoms in total. The van der Waals surface area contributed by atoms with E-state index in [2.05, 4.69) is 15.9 Å². The molecular formula is C14H14BrNO2. The van der Waals surface area contributed by atoms with Crippen molar-refractivity contribution in [2.45, 2.75) is 6.61 Å². The molecule has 0 aromatic heterocycles. The molecule has 0 bridgehead atoms. The highest BCUT2D eigenvalue weighted by atomic mass is 79.9. The van der Waals surface area contributed by atoms with Gasteiger partial charge in [0, 0.05) is 16.2 Å². The minimum atomic E-state index is 0.479. The molecule has 2 aromatic carbocycles. The topological polar surface area (TPSA) is 44.5 Å². The van der Waals surface area contributed by atoms with Gasteiger partial charge in [0.2, 0.25) is 0 Å². The third-order valence-corrected chi connectivity index (χ3v) is 2.89. The molecule has 0 aliphatic rings. The van der Waals surface area contributed by atoms with Crippen LogP contribution in [0.1, 0.15) is 5.56 Å². The van der Waals surface area contributed by atoms with Crippen LogP contribution >= 0.6 is 15.9 Å².